The average molecular weight is 305 g/mol. The summed E-state index contributed by atoms with van der Waals surface area (Å²) in [6.45, 7) is 0. The molecule has 0 heterocycles. The van der Waals surface area contributed by atoms with Crippen molar-refractivity contribution in [2.75, 3.05) is 0 Å². The summed E-state index contributed by atoms with van der Waals surface area (Å²) in [6.07, 6.45) is 0. The molecule has 0 aliphatic rings. The monoisotopic (exact) mass is 305 g/mol. The Morgan fingerprint density at radius 1 is 0.571 bits per heavy atom. The van der Waals surface area contributed by atoms with Gasteiger partial charge in [0.15, 0.2) is 34.9 Å². The molecule has 109 valence electrons. The molecule has 0 bridgehead atoms. The van der Waals surface area contributed by atoms with Crippen LogP contribution < -0.4 is 9.31 Å². The molecule has 1 radical (unpaired) electrons. The van der Waals surface area contributed by atoms with Gasteiger partial charge in [-0.15, -0.1) is 0 Å². The van der Waals surface area contributed by atoms with E-state index in [9.17, 15) is 26.3 Å². The summed E-state index contributed by atoms with van der Waals surface area (Å²) in [6, 6.07) is 2.13. The molecule has 0 aliphatic carbocycles. The molecule has 0 atom stereocenters. The molecule has 0 aliphatic heterocycles. The lowest BCUT2D eigenvalue weighted by molar-refractivity contribution is 0.414. The van der Waals surface area contributed by atoms with Crippen molar-refractivity contribution in [3.8, 4) is 11.5 Å². The molecule has 2 nitrogen and oxygen atoms in total. The van der Waals surface area contributed by atoms with E-state index in [4.69, 9.17) is 0 Å². The fourth-order valence-electron chi connectivity index (χ4n) is 1.34. The SMILES string of the molecule is Fc1cc(O[B]Oc2cc(F)c(F)c(F)c2)cc(F)c1F. The number of hydrogen-bond acceptors (Lipinski definition) is 2. The van der Waals surface area contributed by atoms with E-state index in [-0.39, 0.29) is 0 Å². The van der Waals surface area contributed by atoms with Gasteiger partial charge in [0.25, 0.3) is 0 Å². The molecule has 0 saturated carbocycles. The van der Waals surface area contributed by atoms with Gasteiger partial charge in [0.05, 0.1) is 0 Å². The van der Waals surface area contributed by atoms with Crippen molar-refractivity contribution in [1.29, 1.82) is 0 Å². The van der Waals surface area contributed by atoms with Crippen LogP contribution in [0.15, 0.2) is 24.3 Å². The summed E-state index contributed by atoms with van der Waals surface area (Å²) in [7, 11) is 0.484. The molecule has 2 rings (SSSR count). The second kappa shape index (κ2) is 5.98. The Hall–Kier alpha value is -2.32. The van der Waals surface area contributed by atoms with Crippen molar-refractivity contribution in [3.05, 3.63) is 59.2 Å². The van der Waals surface area contributed by atoms with E-state index in [1.165, 1.54) is 0 Å². The van der Waals surface area contributed by atoms with Gasteiger partial charge >= 0.3 is 7.69 Å². The van der Waals surface area contributed by atoms with Gasteiger partial charge < -0.3 is 9.31 Å². The lowest BCUT2D eigenvalue weighted by atomic mass is 10.2. The van der Waals surface area contributed by atoms with Crippen molar-refractivity contribution in [2.45, 2.75) is 0 Å². The van der Waals surface area contributed by atoms with Crippen molar-refractivity contribution < 1.29 is 35.7 Å². The average Bonchev–Trinajstić information content (AvgIpc) is 2.42. The van der Waals surface area contributed by atoms with Crippen LogP contribution in [0.1, 0.15) is 0 Å². The maximum absolute atomic E-state index is 12.8. The highest BCUT2D eigenvalue weighted by molar-refractivity contribution is 6.20. The summed E-state index contributed by atoms with van der Waals surface area (Å²) in [5.41, 5.74) is 0. The predicted molar refractivity (Wildman–Crippen MR) is 59.6 cm³/mol. The summed E-state index contributed by atoms with van der Waals surface area (Å²) >= 11 is 0. The molecule has 0 saturated heterocycles. The number of rotatable bonds is 4. The molecule has 9 heteroatoms. The van der Waals surface area contributed by atoms with Crippen LogP contribution in [0.5, 0.6) is 11.5 Å². The molecule has 0 unspecified atom stereocenters. The van der Waals surface area contributed by atoms with E-state index in [0.717, 1.165) is 0 Å². The summed E-state index contributed by atoms with van der Waals surface area (Å²) in [5, 5.41) is 0. The molecule has 0 amide bonds. The Labute approximate surface area is 115 Å². The molecule has 0 N–H and O–H groups in total. The van der Waals surface area contributed by atoms with Crippen molar-refractivity contribution in [2.24, 2.45) is 0 Å². The highest BCUT2D eigenvalue weighted by Gasteiger charge is 2.14. The summed E-state index contributed by atoms with van der Waals surface area (Å²) in [4.78, 5) is 0. The van der Waals surface area contributed by atoms with Crippen molar-refractivity contribution in [3.63, 3.8) is 0 Å². The largest absolute Gasteiger partial charge is 0.658 e. The Kier molecular flexibility index (Phi) is 4.30. The van der Waals surface area contributed by atoms with E-state index >= 15 is 0 Å². The molecule has 0 aromatic heterocycles. The zero-order valence-corrected chi connectivity index (χ0v) is 9.97. The highest BCUT2D eigenvalue weighted by atomic mass is 19.2. The van der Waals surface area contributed by atoms with Crippen molar-refractivity contribution >= 4 is 7.69 Å². The maximum Gasteiger partial charge on any atom is 0.658 e. The first-order chi connectivity index (χ1) is 9.88. The standard InChI is InChI=1S/C12H4BF6O2/c14-7-1-5(2-8(15)11(7)18)20-13-21-6-3-9(16)12(19)10(17)4-6/h1-4H. The Bertz CT molecular complexity index is 575. The van der Waals surface area contributed by atoms with Crippen LogP contribution in [-0.2, 0) is 0 Å². The quantitative estimate of drug-likeness (QED) is 0.489. The van der Waals surface area contributed by atoms with E-state index in [2.05, 4.69) is 9.31 Å². The van der Waals surface area contributed by atoms with Gasteiger partial charge in [0, 0.05) is 24.3 Å². The zero-order chi connectivity index (χ0) is 15.6. The second-order valence-electron chi connectivity index (χ2n) is 3.73. The molecule has 0 spiro atoms. The maximum atomic E-state index is 12.8. The molecular formula is C12H4BF6O2. The second-order valence-corrected chi connectivity index (χ2v) is 3.73. The van der Waals surface area contributed by atoms with Gasteiger partial charge in [-0.25, -0.2) is 26.3 Å². The van der Waals surface area contributed by atoms with Crippen LogP contribution in [0.4, 0.5) is 26.3 Å². The number of halogens is 6. The fraction of sp³-hybridized carbons (Fsp3) is 0. The predicted octanol–water partition coefficient (Wildman–Crippen LogP) is 3.51. The van der Waals surface area contributed by atoms with E-state index in [1.54, 1.807) is 0 Å². The Morgan fingerprint density at radius 2 is 0.857 bits per heavy atom. The van der Waals surface area contributed by atoms with Gasteiger partial charge in [-0.3, -0.25) is 0 Å². The third kappa shape index (κ3) is 3.42. The topological polar surface area (TPSA) is 18.5 Å². The number of hydrogen-bond donors (Lipinski definition) is 0. The van der Waals surface area contributed by atoms with Crippen LogP contribution in [0.25, 0.3) is 0 Å². The van der Waals surface area contributed by atoms with Gasteiger partial charge in [-0.1, -0.05) is 0 Å². The lowest BCUT2D eigenvalue weighted by Crippen LogP contribution is -2.12. The van der Waals surface area contributed by atoms with Crippen LogP contribution in [0.2, 0.25) is 0 Å². The first-order valence-corrected chi connectivity index (χ1v) is 5.32. The van der Waals surface area contributed by atoms with Gasteiger partial charge in [0.1, 0.15) is 11.5 Å². The molecule has 0 fully saturated rings. The molecule has 2 aromatic rings. The van der Waals surface area contributed by atoms with E-state index in [1.807, 2.05) is 0 Å². The normalized spacial score (nSPS) is 10.4. The Morgan fingerprint density at radius 3 is 1.14 bits per heavy atom. The molecule has 2 aromatic carbocycles. The van der Waals surface area contributed by atoms with E-state index < -0.39 is 46.4 Å². The van der Waals surface area contributed by atoms with Crippen LogP contribution in [0, 0.1) is 34.9 Å². The summed E-state index contributed by atoms with van der Waals surface area (Å²) < 4.78 is 85.9. The van der Waals surface area contributed by atoms with Crippen molar-refractivity contribution in [1.82, 2.24) is 0 Å². The highest BCUT2D eigenvalue weighted by Crippen LogP contribution is 2.21. The fourth-order valence-corrected chi connectivity index (χ4v) is 1.34. The first kappa shape index (κ1) is 15.1. The number of benzene rings is 2. The van der Waals surface area contributed by atoms with Gasteiger partial charge in [-0.05, 0) is 0 Å². The third-order valence-corrected chi connectivity index (χ3v) is 2.28. The molecule has 21 heavy (non-hydrogen) atoms. The van der Waals surface area contributed by atoms with Crippen LogP contribution in [-0.4, -0.2) is 7.69 Å². The van der Waals surface area contributed by atoms with Crippen LogP contribution >= 0.6 is 0 Å². The van der Waals surface area contributed by atoms with Gasteiger partial charge in [0.2, 0.25) is 0 Å². The minimum atomic E-state index is -1.68. The molecular weight excluding hydrogens is 301 g/mol. The Balaban J connectivity index is 2.02. The lowest BCUT2D eigenvalue weighted by Gasteiger charge is -2.08. The van der Waals surface area contributed by atoms with Gasteiger partial charge in [-0.2, -0.15) is 0 Å². The minimum Gasteiger partial charge on any atom is -0.526 e. The smallest absolute Gasteiger partial charge is 0.526 e. The minimum absolute atomic E-state index is 0.450. The zero-order valence-electron chi connectivity index (χ0n) is 9.97. The van der Waals surface area contributed by atoms with Crippen LogP contribution in [0.3, 0.4) is 0 Å². The summed E-state index contributed by atoms with van der Waals surface area (Å²) in [5.74, 6) is -10.2. The van der Waals surface area contributed by atoms with E-state index in [0.29, 0.717) is 32.0 Å². The third-order valence-electron chi connectivity index (χ3n) is 2.28. The first-order valence-electron chi connectivity index (χ1n) is 5.32.